The van der Waals surface area contributed by atoms with Crippen molar-refractivity contribution in [3.63, 3.8) is 0 Å². The monoisotopic (exact) mass is 458 g/mol. The fraction of sp³-hybridized carbons (Fsp3) is 0.158. The van der Waals surface area contributed by atoms with Crippen LogP contribution in [-0.2, 0) is 17.1 Å². The fourth-order valence-electron chi connectivity index (χ4n) is 3.15. The number of hydrogen-bond acceptors (Lipinski definition) is 8. The maximum absolute atomic E-state index is 11.7. The van der Waals surface area contributed by atoms with Crippen LogP contribution in [0.1, 0.15) is 10.5 Å². The minimum absolute atomic E-state index is 0.155. The van der Waals surface area contributed by atoms with Crippen molar-refractivity contribution in [2.75, 3.05) is 18.1 Å². The number of benzene rings is 1. The van der Waals surface area contributed by atoms with Crippen molar-refractivity contribution in [3.05, 3.63) is 41.7 Å². The van der Waals surface area contributed by atoms with Crippen LogP contribution < -0.4 is 15.2 Å². The van der Waals surface area contributed by atoms with Crippen LogP contribution in [0.25, 0.3) is 32.6 Å². The molecule has 3 heterocycles. The quantitative estimate of drug-likeness (QED) is 0.451. The molecule has 0 bridgehead atoms. The minimum atomic E-state index is -3.53. The molecule has 160 valence electrons. The van der Waals surface area contributed by atoms with Gasteiger partial charge in [-0.25, -0.2) is 18.4 Å². The molecule has 10 nitrogen and oxygen atoms in total. The van der Waals surface area contributed by atoms with Crippen molar-refractivity contribution < 1.29 is 17.9 Å². The number of fused-ring (bicyclic) bond motifs is 1. The molecule has 0 aliphatic carbocycles. The Labute approximate surface area is 181 Å². The lowest BCUT2D eigenvalue weighted by molar-refractivity contribution is 0.0996. The molecule has 0 unspecified atom stereocenters. The van der Waals surface area contributed by atoms with Crippen LogP contribution in [-0.4, -0.2) is 47.4 Å². The first-order chi connectivity index (χ1) is 14.7. The zero-order chi connectivity index (χ0) is 22.3. The molecule has 0 atom stereocenters. The van der Waals surface area contributed by atoms with Crippen LogP contribution in [0.2, 0.25) is 0 Å². The Morgan fingerprint density at radius 3 is 2.65 bits per heavy atom. The van der Waals surface area contributed by atoms with Crippen molar-refractivity contribution in [1.29, 1.82) is 0 Å². The van der Waals surface area contributed by atoms with E-state index in [1.165, 1.54) is 18.4 Å². The van der Waals surface area contributed by atoms with Crippen LogP contribution in [0.4, 0.5) is 5.69 Å². The molecule has 12 heteroatoms. The number of carbonyl (C=O) groups is 1. The molecule has 1 amide bonds. The van der Waals surface area contributed by atoms with Gasteiger partial charge in [0.1, 0.15) is 16.4 Å². The Morgan fingerprint density at radius 1 is 1.23 bits per heavy atom. The van der Waals surface area contributed by atoms with E-state index >= 15 is 0 Å². The standard InChI is InChI=1S/C19H18N6O4S2/c1-25-16-6-10(11-5-14(24-31(3,27)28)18(29-2)21-7-11)4-12(13(16)8-22-25)19-23-15(9-30-19)17(20)26/h4-9,24H,1-3H3,(H2,20,26). The zero-order valence-corrected chi connectivity index (χ0v) is 18.4. The number of nitrogens with zero attached hydrogens (tertiary/aromatic N) is 4. The lowest BCUT2D eigenvalue weighted by atomic mass is 10.0. The number of ether oxygens (including phenoxy) is 1. The van der Waals surface area contributed by atoms with Crippen LogP contribution in [0.5, 0.6) is 5.88 Å². The molecule has 0 spiro atoms. The van der Waals surface area contributed by atoms with E-state index in [-0.39, 0.29) is 17.3 Å². The summed E-state index contributed by atoms with van der Waals surface area (Å²) in [6.45, 7) is 0. The summed E-state index contributed by atoms with van der Waals surface area (Å²) in [6.07, 6.45) is 4.37. The van der Waals surface area contributed by atoms with Gasteiger partial charge < -0.3 is 10.5 Å². The molecule has 1 aromatic carbocycles. The normalized spacial score (nSPS) is 11.6. The zero-order valence-electron chi connectivity index (χ0n) is 16.8. The first-order valence-electron chi connectivity index (χ1n) is 8.90. The van der Waals surface area contributed by atoms with Gasteiger partial charge in [-0.2, -0.15) is 5.10 Å². The van der Waals surface area contributed by atoms with Crippen LogP contribution in [0.3, 0.4) is 0 Å². The van der Waals surface area contributed by atoms with Crippen LogP contribution in [0.15, 0.2) is 36.0 Å². The molecule has 0 aliphatic rings. The summed E-state index contributed by atoms with van der Waals surface area (Å²) in [5.41, 5.74) is 8.77. The van der Waals surface area contributed by atoms with Gasteiger partial charge in [0.05, 0.1) is 25.1 Å². The van der Waals surface area contributed by atoms with E-state index in [9.17, 15) is 13.2 Å². The number of carbonyl (C=O) groups excluding carboxylic acids is 1. The molecule has 0 aliphatic heterocycles. The third-order valence-corrected chi connectivity index (χ3v) is 5.99. The van der Waals surface area contributed by atoms with Crippen LogP contribution >= 0.6 is 11.3 Å². The number of sulfonamides is 1. The number of anilines is 1. The van der Waals surface area contributed by atoms with Gasteiger partial charge in [0.25, 0.3) is 5.91 Å². The highest BCUT2D eigenvalue weighted by atomic mass is 32.2. The number of methoxy groups -OCH3 is 1. The van der Waals surface area contributed by atoms with E-state index < -0.39 is 15.9 Å². The molecule has 3 N–H and O–H groups in total. The van der Waals surface area contributed by atoms with Gasteiger partial charge >= 0.3 is 0 Å². The average molecular weight is 459 g/mol. The third-order valence-electron chi connectivity index (χ3n) is 4.53. The van der Waals surface area contributed by atoms with E-state index in [4.69, 9.17) is 10.5 Å². The average Bonchev–Trinajstić information content (AvgIpc) is 3.34. The Bertz CT molecular complexity index is 1420. The molecular weight excluding hydrogens is 440 g/mol. The maximum Gasteiger partial charge on any atom is 0.268 e. The number of pyridine rings is 1. The predicted octanol–water partition coefficient (Wildman–Crippen LogP) is 2.24. The Kier molecular flexibility index (Phi) is 5.11. The Hall–Kier alpha value is -3.51. The van der Waals surface area contributed by atoms with E-state index in [0.29, 0.717) is 10.6 Å². The molecule has 0 radical (unpaired) electrons. The van der Waals surface area contributed by atoms with Gasteiger partial charge in [-0.15, -0.1) is 11.3 Å². The molecule has 0 saturated carbocycles. The predicted molar refractivity (Wildman–Crippen MR) is 119 cm³/mol. The number of rotatable bonds is 6. The molecular formula is C19H18N6O4S2. The van der Waals surface area contributed by atoms with Crippen molar-refractivity contribution in [3.8, 4) is 27.6 Å². The first kappa shape index (κ1) is 20.8. The lowest BCUT2D eigenvalue weighted by Gasteiger charge is -2.12. The number of aromatic nitrogens is 4. The molecule has 3 aromatic heterocycles. The van der Waals surface area contributed by atoms with Crippen molar-refractivity contribution >= 4 is 43.9 Å². The van der Waals surface area contributed by atoms with Gasteiger partial charge in [-0.3, -0.25) is 14.2 Å². The molecule has 0 fully saturated rings. The second kappa shape index (κ2) is 7.63. The van der Waals surface area contributed by atoms with Gasteiger partial charge in [-0.05, 0) is 23.8 Å². The minimum Gasteiger partial charge on any atom is -0.480 e. The highest BCUT2D eigenvalue weighted by Crippen LogP contribution is 2.37. The van der Waals surface area contributed by atoms with Crippen molar-refractivity contribution in [2.24, 2.45) is 12.8 Å². The number of aryl methyl sites for hydroxylation is 1. The Morgan fingerprint density at radius 2 is 2.00 bits per heavy atom. The Balaban J connectivity index is 1.91. The summed E-state index contributed by atoms with van der Waals surface area (Å²) in [5.74, 6) is -0.445. The number of thiazole rings is 1. The highest BCUT2D eigenvalue weighted by Gasteiger charge is 2.17. The maximum atomic E-state index is 11.7. The van der Waals surface area contributed by atoms with E-state index in [1.54, 1.807) is 28.5 Å². The lowest BCUT2D eigenvalue weighted by Crippen LogP contribution is -2.11. The SMILES string of the molecule is COc1ncc(-c2cc(-c3nc(C(N)=O)cs3)c3cnn(C)c3c2)cc1NS(C)(=O)=O. The van der Waals surface area contributed by atoms with E-state index in [0.717, 1.165) is 28.3 Å². The van der Waals surface area contributed by atoms with Gasteiger partial charge in [-0.1, -0.05) is 0 Å². The molecule has 31 heavy (non-hydrogen) atoms. The third kappa shape index (κ3) is 4.07. The summed E-state index contributed by atoms with van der Waals surface area (Å²) < 4.78 is 32.8. The summed E-state index contributed by atoms with van der Waals surface area (Å²) >= 11 is 1.30. The summed E-state index contributed by atoms with van der Waals surface area (Å²) in [7, 11) is -0.308. The highest BCUT2D eigenvalue weighted by molar-refractivity contribution is 7.92. The number of nitrogens with two attached hydrogens (primary N) is 1. The smallest absolute Gasteiger partial charge is 0.268 e. The van der Waals surface area contributed by atoms with Gasteiger partial charge in [0.2, 0.25) is 15.9 Å². The molecule has 4 aromatic rings. The molecule has 0 saturated heterocycles. The second-order valence-electron chi connectivity index (χ2n) is 6.78. The largest absolute Gasteiger partial charge is 0.480 e. The summed E-state index contributed by atoms with van der Waals surface area (Å²) in [4.78, 5) is 20.1. The van der Waals surface area contributed by atoms with Gasteiger partial charge in [0, 0.05) is 35.1 Å². The summed E-state index contributed by atoms with van der Waals surface area (Å²) in [6, 6.07) is 5.45. The first-order valence-corrected chi connectivity index (χ1v) is 11.7. The van der Waals surface area contributed by atoms with E-state index in [2.05, 4.69) is 19.8 Å². The second-order valence-corrected chi connectivity index (χ2v) is 9.39. The van der Waals surface area contributed by atoms with E-state index in [1.807, 2.05) is 19.2 Å². The number of primary amides is 1. The number of amides is 1. The molecule has 4 rings (SSSR count). The van der Waals surface area contributed by atoms with Crippen LogP contribution in [0, 0.1) is 0 Å². The number of nitrogens with one attached hydrogen (secondary N) is 1. The summed E-state index contributed by atoms with van der Waals surface area (Å²) in [5, 5.41) is 7.40. The fourth-order valence-corrected chi connectivity index (χ4v) is 4.53. The van der Waals surface area contributed by atoms with Crippen molar-refractivity contribution in [1.82, 2.24) is 19.7 Å². The topological polar surface area (TPSA) is 142 Å². The number of hydrogen-bond donors (Lipinski definition) is 2. The van der Waals surface area contributed by atoms with Gasteiger partial charge in [0.15, 0.2) is 0 Å². The van der Waals surface area contributed by atoms with Crippen molar-refractivity contribution in [2.45, 2.75) is 0 Å².